The van der Waals surface area contributed by atoms with E-state index in [-0.39, 0.29) is 0 Å². The minimum Gasteiger partial charge on any atom is -0.394 e. The van der Waals surface area contributed by atoms with Gasteiger partial charge in [-0.3, -0.25) is 0 Å². The average molecular weight is 524 g/mol. The van der Waals surface area contributed by atoms with Crippen molar-refractivity contribution in [2.45, 2.75) is 85.8 Å². The molecule has 35 heavy (non-hydrogen) atoms. The molecule has 0 unspecified atom stereocenters. The molecule has 0 aliphatic carbocycles. The molecule has 0 amide bonds. The third kappa shape index (κ3) is 8.42. The van der Waals surface area contributed by atoms with Crippen LogP contribution in [0.2, 0.25) is 0 Å². The average Bonchev–Trinajstić information content (AvgIpc) is 2.86. The second kappa shape index (κ2) is 14.9. The lowest BCUT2D eigenvalue weighted by Crippen LogP contribution is -2.61. The zero-order valence-electron chi connectivity index (χ0n) is 18.4. The van der Waals surface area contributed by atoms with Crippen LogP contribution in [-0.2, 0) is 14.2 Å². The van der Waals surface area contributed by atoms with Gasteiger partial charge in [-0.25, -0.2) is 0 Å². The summed E-state index contributed by atoms with van der Waals surface area (Å²) < 4.78 is 15.1. The molecule has 2 saturated heterocycles. The van der Waals surface area contributed by atoms with E-state index in [4.69, 9.17) is 50.0 Å². The van der Waals surface area contributed by atoms with Crippen LogP contribution in [0.4, 0.5) is 0 Å². The highest BCUT2D eigenvalue weighted by atomic mass is 16.7. The van der Waals surface area contributed by atoms with Crippen LogP contribution in [0, 0.1) is 0 Å². The molecule has 2 fully saturated rings. The predicted molar refractivity (Wildman–Crippen MR) is 107 cm³/mol. The Morgan fingerprint density at radius 1 is 0.571 bits per heavy atom. The first-order valence-electron chi connectivity index (χ1n) is 10.6. The van der Waals surface area contributed by atoms with Gasteiger partial charge in [0.2, 0.25) is 0 Å². The standard InChI is InChI=1S/C12H22O11.C6H14O6/c13-1-3-5(14)8(17)10(19)12(23-3)21-2-4-6(15)7(16)9(18)11(20)22-4;7-1-3(9)5(11)6(12)4(10)2-8/h3-20H,1-2H2;3-12H,1-2H2/t3-,4-,5+,6-,7+,8+,9-,10-,11-,12+;3-,4+,5-,6-/m11/s1. The van der Waals surface area contributed by atoms with Crippen molar-refractivity contribution in [3.63, 3.8) is 0 Å². The summed E-state index contributed by atoms with van der Waals surface area (Å²) in [6.45, 7) is -2.55. The van der Waals surface area contributed by atoms with Crippen LogP contribution in [0.15, 0.2) is 0 Å². The maximum absolute atomic E-state index is 9.78. The van der Waals surface area contributed by atoms with Gasteiger partial charge in [0, 0.05) is 0 Å². The van der Waals surface area contributed by atoms with Crippen LogP contribution >= 0.6 is 0 Å². The third-order valence-electron chi connectivity index (χ3n) is 5.47. The van der Waals surface area contributed by atoms with Gasteiger partial charge in [0.05, 0.1) is 26.4 Å². The van der Waals surface area contributed by atoms with Crippen LogP contribution in [0.5, 0.6) is 0 Å². The zero-order chi connectivity index (χ0) is 27.0. The van der Waals surface area contributed by atoms with Gasteiger partial charge in [-0.15, -0.1) is 0 Å². The Morgan fingerprint density at radius 2 is 1.03 bits per heavy atom. The van der Waals surface area contributed by atoms with Crippen molar-refractivity contribution in [2.75, 3.05) is 26.4 Å². The minimum absolute atomic E-state index is 0.468. The van der Waals surface area contributed by atoms with Crippen molar-refractivity contribution in [1.29, 1.82) is 0 Å². The fourth-order valence-corrected chi connectivity index (χ4v) is 3.13. The maximum atomic E-state index is 9.78. The normalized spacial score (nSPS) is 41.3. The first-order chi connectivity index (χ1) is 16.3. The molecule has 2 aliphatic rings. The van der Waals surface area contributed by atoms with E-state index in [1.165, 1.54) is 0 Å². The monoisotopic (exact) mass is 524 g/mol. The number of ether oxygens (including phenoxy) is 3. The highest BCUT2D eigenvalue weighted by Crippen LogP contribution is 2.24. The molecule has 17 heteroatoms. The second-order valence-electron chi connectivity index (χ2n) is 8.05. The van der Waals surface area contributed by atoms with Gasteiger partial charge < -0.3 is 85.7 Å². The fourth-order valence-electron chi connectivity index (χ4n) is 3.13. The van der Waals surface area contributed by atoms with Crippen molar-refractivity contribution >= 4 is 0 Å². The lowest BCUT2D eigenvalue weighted by Gasteiger charge is -2.41. The van der Waals surface area contributed by atoms with Crippen LogP contribution < -0.4 is 0 Å². The molecule has 2 aliphatic heterocycles. The van der Waals surface area contributed by atoms with Crippen LogP contribution in [0.3, 0.4) is 0 Å². The predicted octanol–water partition coefficient (Wildman–Crippen LogP) is -8.98. The Hall–Kier alpha value is -0.680. The summed E-state index contributed by atoms with van der Waals surface area (Å²) in [4.78, 5) is 0. The summed E-state index contributed by atoms with van der Waals surface area (Å²) in [6.07, 6.45) is -21.7. The van der Waals surface area contributed by atoms with E-state index in [0.29, 0.717) is 0 Å². The van der Waals surface area contributed by atoms with Crippen LogP contribution in [-0.4, -0.2) is 184 Å². The number of hydrogen-bond donors (Lipinski definition) is 14. The molecule has 0 aromatic carbocycles. The van der Waals surface area contributed by atoms with E-state index in [0.717, 1.165) is 0 Å². The van der Waals surface area contributed by atoms with Crippen molar-refractivity contribution in [3.8, 4) is 0 Å². The highest BCUT2D eigenvalue weighted by Gasteiger charge is 2.46. The molecule has 14 atom stereocenters. The van der Waals surface area contributed by atoms with E-state index in [1.807, 2.05) is 0 Å². The Morgan fingerprint density at radius 3 is 1.49 bits per heavy atom. The number of aliphatic hydroxyl groups excluding tert-OH is 14. The molecule has 14 N–H and O–H groups in total. The zero-order valence-corrected chi connectivity index (χ0v) is 18.4. The number of rotatable bonds is 9. The highest BCUT2D eigenvalue weighted by molar-refractivity contribution is 4.91. The Balaban J connectivity index is 0.000000434. The molecule has 0 radical (unpaired) electrons. The summed E-state index contributed by atoms with van der Waals surface area (Å²) in [5, 5.41) is 128. The Kier molecular flexibility index (Phi) is 13.8. The first kappa shape index (κ1) is 32.3. The van der Waals surface area contributed by atoms with E-state index < -0.39 is 112 Å². The molecule has 2 heterocycles. The molecule has 0 spiro atoms. The quantitative estimate of drug-likeness (QED) is 0.133. The van der Waals surface area contributed by atoms with Gasteiger partial charge in [-0.1, -0.05) is 0 Å². The van der Waals surface area contributed by atoms with E-state index in [2.05, 4.69) is 0 Å². The molecular formula is C18H36O17. The van der Waals surface area contributed by atoms with Crippen LogP contribution in [0.25, 0.3) is 0 Å². The summed E-state index contributed by atoms with van der Waals surface area (Å²) in [5.41, 5.74) is 0. The molecule has 2 rings (SSSR count). The van der Waals surface area contributed by atoms with Gasteiger partial charge in [-0.05, 0) is 0 Å². The number of hydrogen-bond acceptors (Lipinski definition) is 17. The molecule has 0 aromatic heterocycles. The lowest BCUT2D eigenvalue weighted by atomic mass is 9.98. The topological polar surface area (TPSA) is 311 Å². The summed E-state index contributed by atoms with van der Waals surface area (Å²) in [6, 6.07) is 0. The van der Waals surface area contributed by atoms with Crippen molar-refractivity contribution in [1.82, 2.24) is 0 Å². The molecular weight excluding hydrogens is 488 g/mol. The summed E-state index contributed by atoms with van der Waals surface area (Å²) in [5.74, 6) is 0. The largest absolute Gasteiger partial charge is 0.394 e. The molecule has 210 valence electrons. The van der Waals surface area contributed by atoms with Gasteiger partial charge >= 0.3 is 0 Å². The van der Waals surface area contributed by atoms with E-state index in [9.17, 15) is 35.7 Å². The number of aliphatic hydroxyl groups is 14. The van der Waals surface area contributed by atoms with Gasteiger partial charge in [0.1, 0.15) is 73.2 Å². The smallest absolute Gasteiger partial charge is 0.186 e. The Bertz CT molecular complexity index is 569. The summed E-state index contributed by atoms with van der Waals surface area (Å²) >= 11 is 0. The van der Waals surface area contributed by atoms with E-state index in [1.54, 1.807) is 0 Å². The van der Waals surface area contributed by atoms with Gasteiger partial charge in [0.25, 0.3) is 0 Å². The maximum Gasteiger partial charge on any atom is 0.186 e. The van der Waals surface area contributed by atoms with Gasteiger partial charge in [-0.2, -0.15) is 0 Å². The molecule has 0 saturated carbocycles. The van der Waals surface area contributed by atoms with Crippen molar-refractivity contribution < 1.29 is 85.7 Å². The minimum atomic E-state index is -1.74. The Labute approximate surface area is 198 Å². The molecule has 17 nitrogen and oxygen atoms in total. The van der Waals surface area contributed by atoms with E-state index >= 15 is 0 Å². The lowest BCUT2D eigenvalue weighted by molar-refractivity contribution is -0.325. The van der Waals surface area contributed by atoms with Crippen LogP contribution in [0.1, 0.15) is 0 Å². The SMILES string of the molecule is OC[C@@H](O)[C@@H](O)[C@H](O)[C@@H](O)CO.OC[C@H]1O[C@H](OC[C@H]2O[C@@H](O)[C@H](O)[C@@H](O)[C@@H]2O)[C@H](O)[C@@H](O)[C@H]1O. The fraction of sp³-hybridized carbons (Fsp3) is 1.00. The van der Waals surface area contributed by atoms with Gasteiger partial charge in [0.15, 0.2) is 12.6 Å². The molecule has 0 aromatic rings. The molecule has 0 bridgehead atoms. The second-order valence-corrected chi connectivity index (χ2v) is 8.05. The first-order valence-corrected chi connectivity index (χ1v) is 10.6. The summed E-state index contributed by atoms with van der Waals surface area (Å²) in [7, 11) is 0. The third-order valence-corrected chi connectivity index (χ3v) is 5.47. The van der Waals surface area contributed by atoms with Crippen molar-refractivity contribution in [3.05, 3.63) is 0 Å². The van der Waals surface area contributed by atoms with Crippen molar-refractivity contribution in [2.24, 2.45) is 0 Å².